The topological polar surface area (TPSA) is 30.3 Å². The molecule has 2 rings (SSSR count). The molecule has 2 heterocycles. The van der Waals surface area contributed by atoms with Crippen LogP contribution in [0.4, 0.5) is 0 Å². The highest BCUT2D eigenvalue weighted by molar-refractivity contribution is 9.10. The Bertz CT molecular complexity index is 419. The second-order valence-electron chi connectivity index (χ2n) is 5.15. The standard InChI is InChI=1S/C14H24BrN3O/c1-4-12-14(15)13(18(5-2)16-12)10-17-7-6-8-19-11(3)9-17/h11H,4-10H2,1-3H3. The molecule has 1 aromatic heterocycles. The van der Waals surface area contributed by atoms with Crippen molar-refractivity contribution in [3.05, 3.63) is 15.9 Å². The lowest BCUT2D eigenvalue weighted by Crippen LogP contribution is -2.30. The van der Waals surface area contributed by atoms with Gasteiger partial charge in [-0.15, -0.1) is 0 Å². The zero-order valence-corrected chi connectivity index (χ0v) is 13.7. The first-order chi connectivity index (χ1) is 9.15. The Labute approximate surface area is 124 Å². The smallest absolute Gasteiger partial charge is 0.0767 e. The van der Waals surface area contributed by atoms with Crippen LogP contribution < -0.4 is 0 Å². The predicted molar refractivity (Wildman–Crippen MR) is 80.3 cm³/mol. The third-order valence-electron chi connectivity index (χ3n) is 3.60. The van der Waals surface area contributed by atoms with Gasteiger partial charge in [-0.25, -0.2) is 0 Å². The van der Waals surface area contributed by atoms with Crippen LogP contribution in [-0.2, 0) is 24.2 Å². The zero-order valence-electron chi connectivity index (χ0n) is 12.2. The molecule has 0 bridgehead atoms. The fraction of sp³-hybridized carbons (Fsp3) is 0.786. The number of nitrogens with zero attached hydrogens (tertiary/aromatic N) is 3. The van der Waals surface area contributed by atoms with Gasteiger partial charge in [-0.2, -0.15) is 5.10 Å². The van der Waals surface area contributed by atoms with E-state index in [-0.39, 0.29) is 0 Å². The predicted octanol–water partition coefficient (Wildman–Crippen LogP) is 2.84. The zero-order chi connectivity index (χ0) is 13.8. The third kappa shape index (κ3) is 3.58. The van der Waals surface area contributed by atoms with Gasteiger partial charge in [-0.1, -0.05) is 6.92 Å². The summed E-state index contributed by atoms with van der Waals surface area (Å²) >= 11 is 3.72. The second kappa shape index (κ2) is 6.86. The number of ether oxygens (including phenoxy) is 1. The molecule has 4 nitrogen and oxygen atoms in total. The molecule has 0 N–H and O–H groups in total. The Morgan fingerprint density at radius 3 is 2.89 bits per heavy atom. The molecule has 1 fully saturated rings. The molecule has 5 heteroatoms. The first-order valence-electron chi connectivity index (χ1n) is 7.23. The van der Waals surface area contributed by atoms with Gasteiger partial charge in [0.1, 0.15) is 0 Å². The summed E-state index contributed by atoms with van der Waals surface area (Å²) in [6.07, 6.45) is 2.41. The van der Waals surface area contributed by atoms with Crippen molar-refractivity contribution in [3.63, 3.8) is 0 Å². The highest BCUT2D eigenvalue weighted by atomic mass is 79.9. The summed E-state index contributed by atoms with van der Waals surface area (Å²) in [5.74, 6) is 0. The first-order valence-corrected chi connectivity index (χ1v) is 8.03. The van der Waals surface area contributed by atoms with Crippen LogP contribution in [0, 0.1) is 0 Å². The molecule has 1 aromatic rings. The molecular formula is C14H24BrN3O. The lowest BCUT2D eigenvalue weighted by atomic mass is 10.2. The van der Waals surface area contributed by atoms with Crippen LogP contribution in [0.5, 0.6) is 0 Å². The van der Waals surface area contributed by atoms with Crippen LogP contribution in [0.15, 0.2) is 4.47 Å². The molecular weight excluding hydrogens is 306 g/mol. The number of rotatable bonds is 4. The van der Waals surface area contributed by atoms with E-state index in [1.54, 1.807) is 0 Å². The van der Waals surface area contributed by atoms with Crippen LogP contribution in [-0.4, -0.2) is 40.5 Å². The Balaban J connectivity index is 2.15. The SMILES string of the molecule is CCc1nn(CC)c(CN2CCCOC(C)C2)c1Br. The molecule has 1 atom stereocenters. The molecule has 0 aromatic carbocycles. The minimum Gasteiger partial charge on any atom is -0.377 e. The number of halogens is 1. The molecule has 1 saturated heterocycles. The van der Waals surface area contributed by atoms with Crippen molar-refractivity contribution in [3.8, 4) is 0 Å². The van der Waals surface area contributed by atoms with E-state index >= 15 is 0 Å². The lowest BCUT2D eigenvalue weighted by Gasteiger charge is -2.22. The monoisotopic (exact) mass is 329 g/mol. The maximum absolute atomic E-state index is 5.71. The van der Waals surface area contributed by atoms with Crippen molar-refractivity contribution in [2.45, 2.75) is 52.8 Å². The highest BCUT2D eigenvalue weighted by Gasteiger charge is 2.20. The van der Waals surface area contributed by atoms with E-state index in [2.05, 4.69) is 51.4 Å². The largest absolute Gasteiger partial charge is 0.377 e. The first kappa shape index (κ1) is 15.0. The maximum atomic E-state index is 5.71. The van der Waals surface area contributed by atoms with Crippen molar-refractivity contribution >= 4 is 15.9 Å². The minimum absolute atomic E-state index is 0.324. The second-order valence-corrected chi connectivity index (χ2v) is 5.94. The Kier molecular flexibility index (Phi) is 5.42. The van der Waals surface area contributed by atoms with Gasteiger partial charge in [0.15, 0.2) is 0 Å². The average Bonchev–Trinajstić information content (AvgIpc) is 2.57. The van der Waals surface area contributed by atoms with Crippen molar-refractivity contribution in [1.82, 2.24) is 14.7 Å². The van der Waals surface area contributed by atoms with E-state index in [1.807, 2.05) is 0 Å². The van der Waals surface area contributed by atoms with Crippen LogP contribution in [0.1, 0.15) is 38.6 Å². The molecule has 0 spiro atoms. The van der Waals surface area contributed by atoms with E-state index in [1.165, 1.54) is 10.2 Å². The Morgan fingerprint density at radius 1 is 1.42 bits per heavy atom. The molecule has 19 heavy (non-hydrogen) atoms. The number of hydrogen-bond donors (Lipinski definition) is 0. The van der Waals surface area contributed by atoms with E-state index < -0.39 is 0 Å². The number of hydrogen-bond acceptors (Lipinski definition) is 3. The maximum Gasteiger partial charge on any atom is 0.0767 e. The normalized spacial score (nSPS) is 21.6. The molecule has 1 aliphatic rings. The summed E-state index contributed by atoms with van der Waals surface area (Å²) in [5.41, 5.74) is 2.46. The summed E-state index contributed by atoms with van der Waals surface area (Å²) < 4.78 is 9.02. The van der Waals surface area contributed by atoms with Crippen LogP contribution >= 0.6 is 15.9 Å². The van der Waals surface area contributed by atoms with Crippen molar-refractivity contribution < 1.29 is 4.74 Å². The summed E-state index contributed by atoms with van der Waals surface area (Å²) in [6.45, 7) is 11.3. The molecule has 0 saturated carbocycles. The summed E-state index contributed by atoms with van der Waals surface area (Å²) in [6, 6.07) is 0. The minimum atomic E-state index is 0.324. The van der Waals surface area contributed by atoms with Gasteiger partial charge in [-0.3, -0.25) is 9.58 Å². The molecule has 0 radical (unpaired) electrons. The third-order valence-corrected chi connectivity index (χ3v) is 4.52. The highest BCUT2D eigenvalue weighted by Crippen LogP contribution is 2.24. The van der Waals surface area contributed by atoms with Gasteiger partial charge in [0.05, 0.1) is 22.0 Å². The molecule has 108 valence electrons. The summed E-state index contributed by atoms with van der Waals surface area (Å²) in [7, 11) is 0. The fourth-order valence-corrected chi connectivity index (χ4v) is 3.29. The molecule has 1 unspecified atom stereocenters. The quantitative estimate of drug-likeness (QED) is 0.850. The Hall–Kier alpha value is -0.390. The van der Waals surface area contributed by atoms with Gasteiger partial charge in [0, 0.05) is 32.8 Å². The van der Waals surface area contributed by atoms with Crippen molar-refractivity contribution in [2.75, 3.05) is 19.7 Å². The van der Waals surface area contributed by atoms with E-state index in [0.29, 0.717) is 6.10 Å². The van der Waals surface area contributed by atoms with Gasteiger partial charge >= 0.3 is 0 Å². The van der Waals surface area contributed by atoms with Gasteiger partial charge in [-0.05, 0) is 42.6 Å². The summed E-state index contributed by atoms with van der Waals surface area (Å²) in [5, 5.41) is 4.67. The van der Waals surface area contributed by atoms with Crippen LogP contribution in [0.2, 0.25) is 0 Å². The van der Waals surface area contributed by atoms with Gasteiger partial charge in [0.25, 0.3) is 0 Å². The Morgan fingerprint density at radius 2 is 2.21 bits per heavy atom. The fourth-order valence-electron chi connectivity index (χ4n) is 2.60. The van der Waals surface area contributed by atoms with Gasteiger partial charge in [0.2, 0.25) is 0 Å². The summed E-state index contributed by atoms with van der Waals surface area (Å²) in [4.78, 5) is 2.48. The van der Waals surface area contributed by atoms with Crippen molar-refractivity contribution in [1.29, 1.82) is 0 Å². The van der Waals surface area contributed by atoms with Crippen LogP contribution in [0.25, 0.3) is 0 Å². The van der Waals surface area contributed by atoms with Gasteiger partial charge < -0.3 is 4.74 Å². The molecule has 0 aliphatic carbocycles. The van der Waals surface area contributed by atoms with Crippen molar-refractivity contribution in [2.24, 2.45) is 0 Å². The molecule has 1 aliphatic heterocycles. The number of aromatic nitrogens is 2. The van der Waals surface area contributed by atoms with E-state index in [0.717, 1.165) is 51.3 Å². The average molecular weight is 330 g/mol. The lowest BCUT2D eigenvalue weighted by molar-refractivity contribution is 0.0664. The van der Waals surface area contributed by atoms with E-state index in [4.69, 9.17) is 4.74 Å². The van der Waals surface area contributed by atoms with E-state index in [9.17, 15) is 0 Å². The van der Waals surface area contributed by atoms with Crippen LogP contribution in [0.3, 0.4) is 0 Å². The molecule has 0 amide bonds. The number of aryl methyl sites for hydroxylation is 2.